The van der Waals surface area contributed by atoms with Crippen molar-refractivity contribution in [3.05, 3.63) is 0 Å². The van der Waals surface area contributed by atoms with Crippen molar-refractivity contribution in [3.8, 4) is 0 Å². The molecule has 0 saturated carbocycles. The van der Waals surface area contributed by atoms with Gasteiger partial charge >= 0.3 is 0 Å². The molecule has 0 rings (SSSR count). The van der Waals surface area contributed by atoms with Gasteiger partial charge in [-0.3, -0.25) is 0 Å². The first-order chi connectivity index (χ1) is 7.12. The lowest BCUT2D eigenvalue weighted by Gasteiger charge is -2.13. The Labute approximate surface area is 88.6 Å². The number of hydrogen-bond acceptors (Lipinski definition) is 4. The first-order valence-electron chi connectivity index (χ1n) is 4.88. The van der Waals surface area contributed by atoms with Crippen LogP contribution in [0.25, 0.3) is 0 Å². The average Bonchev–Trinajstić information content (AvgIpc) is 2.22. The predicted octanol–water partition coefficient (Wildman–Crippen LogP) is 0.257. The summed E-state index contributed by atoms with van der Waals surface area (Å²) in [4.78, 5) is 0. The number of methoxy groups -OCH3 is 1. The predicted molar refractivity (Wildman–Crippen MR) is 52.2 cm³/mol. The molecular weight excluding hydrogens is 208 g/mol. The molecule has 4 nitrogen and oxygen atoms in total. The van der Waals surface area contributed by atoms with Crippen LogP contribution < -0.4 is 5.32 Å². The lowest BCUT2D eigenvalue weighted by molar-refractivity contribution is -0.0483. The van der Waals surface area contributed by atoms with Gasteiger partial charge in [-0.15, -0.1) is 0 Å². The second-order valence-electron chi connectivity index (χ2n) is 3.15. The summed E-state index contributed by atoms with van der Waals surface area (Å²) >= 11 is 0. The molecule has 0 aromatic carbocycles. The van der Waals surface area contributed by atoms with Crippen LogP contribution >= 0.6 is 0 Å². The Morgan fingerprint density at radius 2 is 2.00 bits per heavy atom. The van der Waals surface area contributed by atoms with E-state index in [9.17, 15) is 8.78 Å². The van der Waals surface area contributed by atoms with Gasteiger partial charge in [0.1, 0.15) is 6.61 Å². The lowest BCUT2D eigenvalue weighted by atomic mass is 10.3. The van der Waals surface area contributed by atoms with Gasteiger partial charge in [0, 0.05) is 26.9 Å². The minimum absolute atomic E-state index is 0.350. The standard InChI is InChI=1S/C9H19F2NO3/c1-14-4-2-5-15-6-3-12-7-9(10,11)8-13/h12-13H,2-8H2,1H3. The minimum Gasteiger partial charge on any atom is -0.390 e. The molecule has 92 valence electrons. The van der Waals surface area contributed by atoms with Gasteiger partial charge in [0.25, 0.3) is 5.92 Å². The molecule has 2 N–H and O–H groups in total. The van der Waals surface area contributed by atoms with Crippen LogP contribution in [0.1, 0.15) is 6.42 Å². The molecule has 0 radical (unpaired) electrons. The number of aliphatic hydroxyl groups excluding tert-OH is 1. The molecular formula is C9H19F2NO3. The highest BCUT2D eigenvalue weighted by Gasteiger charge is 2.26. The fourth-order valence-corrected chi connectivity index (χ4v) is 0.879. The van der Waals surface area contributed by atoms with Crippen molar-refractivity contribution in [1.29, 1.82) is 0 Å². The third-order valence-electron chi connectivity index (χ3n) is 1.68. The summed E-state index contributed by atoms with van der Waals surface area (Å²) in [5.74, 6) is -3.05. The third kappa shape index (κ3) is 9.99. The molecule has 0 heterocycles. The van der Waals surface area contributed by atoms with Gasteiger partial charge in [0.15, 0.2) is 0 Å². The van der Waals surface area contributed by atoms with Gasteiger partial charge in [0.05, 0.1) is 13.2 Å². The van der Waals surface area contributed by atoms with Crippen LogP contribution in [-0.2, 0) is 9.47 Å². The molecule has 0 aromatic heterocycles. The van der Waals surface area contributed by atoms with E-state index in [0.717, 1.165) is 6.42 Å². The van der Waals surface area contributed by atoms with E-state index in [-0.39, 0.29) is 0 Å². The summed E-state index contributed by atoms with van der Waals surface area (Å²) in [6, 6.07) is 0. The van der Waals surface area contributed by atoms with Crippen LogP contribution in [-0.4, -0.2) is 57.7 Å². The molecule has 0 bridgehead atoms. The molecule has 0 atom stereocenters. The maximum Gasteiger partial charge on any atom is 0.282 e. The van der Waals surface area contributed by atoms with Gasteiger partial charge in [-0.05, 0) is 6.42 Å². The molecule has 0 saturated heterocycles. The van der Waals surface area contributed by atoms with E-state index in [1.165, 1.54) is 0 Å². The summed E-state index contributed by atoms with van der Waals surface area (Å²) < 4.78 is 34.9. The highest BCUT2D eigenvalue weighted by Crippen LogP contribution is 2.09. The zero-order chi connectivity index (χ0) is 11.6. The SMILES string of the molecule is COCCCOCCNCC(F)(F)CO. The van der Waals surface area contributed by atoms with Gasteiger partial charge < -0.3 is 19.9 Å². The number of hydrogen-bond donors (Lipinski definition) is 2. The number of aliphatic hydroxyl groups is 1. The zero-order valence-electron chi connectivity index (χ0n) is 8.97. The summed E-state index contributed by atoms with van der Waals surface area (Å²) in [6.45, 7) is 0.273. The second kappa shape index (κ2) is 8.96. The van der Waals surface area contributed by atoms with Gasteiger partial charge in [-0.2, -0.15) is 0 Å². The Balaban J connectivity index is 3.11. The van der Waals surface area contributed by atoms with E-state index in [1.807, 2.05) is 0 Å². The number of ether oxygens (including phenoxy) is 2. The normalized spacial score (nSPS) is 12.0. The molecule has 0 aliphatic carbocycles. The Hall–Kier alpha value is -0.300. The summed E-state index contributed by atoms with van der Waals surface area (Å²) in [6.07, 6.45) is 0.795. The van der Waals surface area contributed by atoms with Crippen molar-refractivity contribution >= 4 is 0 Å². The van der Waals surface area contributed by atoms with Crippen LogP contribution in [0.15, 0.2) is 0 Å². The van der Waals surface area contributed by atoms with Gasteiger partial charge in [0.2, 0.25) is 0 Å². The zero-order valence-corrected chi connectivity index (χ0v) is 8.97. The fraction of sp³-hybridized carbons (Fsp3) is 1.00. The van der Waals surface area contributed by atoms with Crippen molar-refractivity contribution < 1.29 is 23.4 Å². The maximum atomic E-state index is 12.5. The Kier molecular flexibility index (Phi) is 8.79. The highest BCUT2D eigenvalue weighted by molar-refractivity contribution is 4.66. The fourth-order valence-electron chi connectivity index (χ4n) is 0.879. The number of rotatable bonds is 10. The number of nitrogens with one attached hydrogen (secondary N) is 1. The van der Waals surface area contributed by atoms with E-state index in [1.54, 1.807) is 7.11 Å². The van der Waals surface area contributed by atoms with Crippen molar-refractivity contribution in [2.45, 2.75) is 12.3 Å². The molecule has 0 fully saturated rings. The topological polar surface area (TPSA) is 50.7 Å². The van der Waals surface area contributed by atoms with Gasteiger partial charge in [-0.25, -0.2) is 8.78 Å². The van der Waals surface area contributed by atoms with Crippen LogP contribution in [0.4, 0.5) is 8.78 Å². The number of halogens is 2. The quantitative estimate of drug-likeness (QED) is 0.525. The van der Waals surface area contributed by atoms with Crippen molar-refractivity contribution in [1.82, 2.24) is 5.32 Å². The van der Waals surface area contributed by atoms with Crippen molar-refractivity contribution in [2.24, 2.45) is 0 Å². The first-order valence-corrected chi connectivity index (χ1v) is 4.88. The molecule has 15 heavy (non-hydrogen) atoms. The summed E-state index contributed by atoms with van der Waals surface area (Å²) in [5, 5.41) is 10.8. The van der Waals surface area contributed by atoms with E-state index < -0.39 is 19.1 Å². The molecule has 6 heteroatoms. The van der Waals surface area contributed by atoms with E-state index in [2.05, 4.69) is 5.32 Å². The van der Waals surface area contributed by atoms with Crippen LogP contribution in [0.2, 0.25) is 0 Å². The lowest BCUT2D eigenvalue weighted by Crippen LogP contribution is -2.37. The van der Waals surface area contributed by atoms with E-state index in [0.29, 0.717) is 26.4 Å². The van der Waals surface area contributed by atoms with Crippen LogP contribution in [0.5, 0.6) is 0 Å². The van der Waals surface area contributed by atoms with Crippen LogP contribution in [0, 0.1) is 0 Å². The van der Waals surface area contributed by atoms with Crippen LogP contribution in [0.3, 0.4) is 0 Å². The largest absolute Gasteiger partial charge is 0.390 e. The average molecular weight is 227 g/mol. The Morgan fingerprint density at radius 1 is 1.27 bits per heavy atom. The number of alkyl halides is 2. The van der Waals surface area contributed by atoms with E-state index in [4.69, 9.17) is 14.6 Å². The highest BCUT2D eigenvalue weighted by atomic mass is 19.3. The summed E-state index contributed by atoms with van der Waals surface area (Å²) in [7, 11) is 1.61. The molecule has 0 spiro atoms. The smallest absolute Gasteiger partial charge is 0.282 e. The summed E-state index contributed by atoms with van der Waals surface area (Å²) in [5.41, 5.74) is 0. The molecule has 0 aliphatic rings. The Bertz CT molecular complexity index is 147. The Morgan fingerprint density at radius 3 is 2.60 bits per heavy atom. The maximum absolute atomic E-state index is 12.5. The second-order valence-corrected chi connectivity index (χ2v) is 3.15. The van der Waals surface area contributed by atoms with Crippen molar-refractivity contribution in [2.75, 3.05) is 46.6 Å². The van der Waals surface area contributed by atoms with Gasteiger partial charge in [-0.1, -0.05) is 0 Å². The third-order valence-corrected chi connectivity index (χ3v) is 1.68. The van der Waals surface area contributed by atoms with E-state index >= 15 is 0 Å². The first kappa shape index (κ1) is 14.7. The molecule has 0 aromatic rings. The van der Waals surface area contributed by atoms with Crippen molar-refractivity contribution in [3.63, 3.8) is 0 Å². The molecule has 0 aliphatic heterocycles. The molecule has 0 amide bonds. The monoisotopic (exact) mass is 227 g/mol. The minimum atomic E-state index is -3.05. The molecule has 0 unspecified atom stereocenters.